The van der Waals surface area contributed by atoms with Crippen LogP contribution in [0.3, 0.4) is 0 Å². The summed E-state index contributed by atoms with van der Waals surface area (Å²) in [5.41, 5.74) is 3.43. The SMILES string of the molecule is C#CCNC(=NCc1ccnc(Oc2ccc(C)c(C)c2)c1)NCC.I. The van der Waals surface area contributed by atoms with Gasteiger partial charge in [-0.15, -0.1) is 30.4 Å². The maximum atomic E-state index is 5.86. The number of halogens is 1. The number of pyridine rings is 1. The Morgan fingerprint density at radius 1 is 1.19 bits per heavy atom. The van der Waals surface area contributed by atoms with E-state index in [1.165, 1.54) is 11.1 Å². The summed E-state index contributed by atoms with van der Waals surface area (Å²) in [4.78, 5) is 8.78. The number of aliphatic imine (C=N–C) groups is 1. The zero-order valence-electron chi connectivity index (χ0n) is 15.4. The number of benzene rings is 1. The van der Waals surface area contributed by atoms with Crippen molar-refractivity contribution < 1.29 is 4.74 Å². The zero-order chi connectivity index (χ0) is 18.1. The molecule has 0 spiro atoms. The number of aryl methyl sites for hydroxylation is 2. The summed E-state index contributed by atoms with van der Waals surface area (Å²) in [6.07, 6.45) is 7.00. The Labute approximate surface area is 172 Å². The van der Waals surface area contributed by atoms with Crippen LogP contribution in [-0.4, -0.2) is 24.0 Å². The lowest BCUT2D eigenvalue weighted by molar-refractivity contribution is 0.461. The lowest BCUT2D eigenvalue weighted by Crippen LogP contribution is -2.37. The van der Waals surface area contributed by atoms with E-state index in [4.69, 9.17) is 11.2 Å². The van der Waals surface area contributed by atoms with Gasteiger partial charge in [-0.25, -0.2) is 9.98 Å². The molecule has 0 bridgehead atoms. The number of terminal acetylenes is 1. The number of nitrogens with one attached hydrogen (secondary N) is 2. The molecule has 138 valence electrons. The first kappa shape index (κ1) is 21.8. The number of ether oxygens (including phenoxy) is 1. The Bertz CT molecular complexity index is 784. The van der Waals surface area contributed by atoms with Gasteiger partial charge in [0, 0.05) is 18.8 Å². The highest BCUT2D eigenvalue weighted by Crippen LogP contribution is 2.22. The average molecular weight is 464 g/mol. The van der Waals surface area contributed by atoms with Gasteiger partial charge in [-0.05, 0) is 55.7 Å². The molecule has 0 saturated heterocycles. The normalized spacial score (nSPS) is 10.5. The summed E-state index contributed by atoms with van der Waals surface area (Å²) in [6, 6.07) is 9.81. The number of hydrogen-bond acceptors (Lipinski definition) is 3. The minimum atomic E-state index is 0. The van der Waals surface area contributed by atoms with Gasteiger partial charge in [0.25, 0.3) is 0 Å². The molecule has 26 heavy (non-hydrogen) atoms. The molecule has 0 saturated carbocycles. The van der Waals surface area contributed by atoms with Crippen molar-refractivity contribution in [2.24, 2.45) is 4.99 Å². The third-order valence-corrected chi connectivity index (χ3v) is 3.62. The summed E-state index contributed by atoms with van der Waals surface area (Å²) in [5, 5.41) is 6.21. The first-order valence-corrected chi connectivity index (χ1v) is 8.28. The van der Waals surface area contributed by atoms with Crippen molar-refractivity contribution in [2.45, 2.75) is 27.3 Å². The molecular formula is C20H25IN4O. The Morgan fingerprint density at radius 2 is 2.00 bits per heavy atom. The van der Waals surface area contributed by atoms with Crippen molar-refractivity contribution in [3.8, 4) is 24.0 Å². The lowest BCUT2D eigenvalue weighted by Gasteiger charge is -2.10. The van der Waals surface area contributed by atoms with Crippen LogP contribution in [0.4, 0.5) is 0 Å². The van der Waals surface area contributed by atoms with Gasteiger partial charge in [-0.1, -0.05) is 12.0 Å². The standard InChI is InChI=1S/C20H24N4O.HI/c1-5-10-23-20(21-6-2)24-14-17-9-11-22-19(13-17)25-18-8-7-15(3)16(4)12-18;/h1,7-9,11-13H,6,10,14H2,2-4H3,(H2,21,23,24);1H. The molecule has 2 N–H and O–H groups in total. The topological polar surface area (TPSA) is 58.5 Å². The molecule has 1 aromatic heterocycles. The smallest absolute Gasteiger partial charge is 0.219 e. The molecule has 1 aromatic carbocycles. The summed E-state index contributed by atoms with van der Waals surface area (Å²) < 4.78 is 5.86. The van der Waals surface area contributed by atoms with Crippen LogP contribution in [0.15, 0.2) is 41.5 Å². The molecule has 5 nitrogen and oxygen atoms in total. The maximum absolute atomic E-state index is 5.86. The van der Waals surface area contributed by atoms with Crippen molar-refractivity contribution in [2.75, 3.05) is 13.1 Å². The molecule has 0 radical (unpaired) electrons. The first-order valence-electron chi connectivity index (χ1n) is 8.28. The van der Waals surface area contributed by atoms with Crippen LogP contribution in [0.2, 0.25) is 0 Å². The van der Waals surface area contributed by atoms with Gasteiger partial charge in [0.05, 0.1) is 13.1 Å². The minimum absolute atomic E-state index is 0. The Balaban J connectivity index is 0.00000338. The van der Waals surface area contributed by atoms with Gasteiger partial charge in [0.15, 0.2) is 5.96 Å². The fraction of sp³-hybridized carbons (Fsp3) is 0.300. The third kappa shape index (κ3) is 6.92. The molecule has 0 aliphatic heterocycles. The van der Waals surface area contributed by atoms with Gasteiger partial charge in [-0.3, -0.25) is 0 Å². The Morgan fingerprint density at radius 3 is 2.69 bits per heavy atom. The predicted molar refractivity (Wildman–Crippen MR) is 117 cm³/mol. The van der Waals surface area contributed by atoms with Crippen LogP contribution >= 0.6 is 24.0 Å². The fourth-order valence-corrected chi connectivity index (χ4v) is 2.15. The molecule has 6 heteroatoms. The number of guanidine groups is 1. The van der Waals surface area contributed by atoms with Crippen LogP contribution in [-0.2, 0) is 6.54 Å². The van der Waals surface area contributed by atoms with Crippen molar-refractivity contribution in [3.63, 3.8) is 0 Å². The molecule has 0 amide bonds. The highest BCUT2D eigenvalue weighted by atomic mass is 127. The van der Waals surface area contributed by atoms with Crippen LogP contribution in [0, 0.1) is 26.2 Å². The largest absolute Gasteiger partial charge is 0.439 e. The van der Waals surface area contributed by atoms with Crippen molar-refractivity contribution in [3.05, 3.63) is 53.2 Å². The Kier molecular flexibility index (Phi) is 9.52. The van der Waals surface area contributed by atoms with E-state index in [-0.39, 0.29) is 24.0 Å². The lowest BCUT2D eigenvalue weighted by atomic mass is 10.1. The van der Waals surface area contributed by atoms with Crippen molar-refractivity contribution in [1.29, 1.82) is 0 Å². The van der Waals surface area contributed by atoms with E-state index < -0.39 is 0 Å². The molecule has 0 aliphatic carbocycles. The van der Waals surface area contributed by atoms with Gasteiger partial charge in [0.2, 0.25) is 5.88 Å². The highest BCUT2D eigenvalue weighted by molar-refractivity contribution is 14.0. The second-order valence-corrected chi connectivity index (χ2v) is 5.60. The number of rotatable bonds is 6. The Hall–Kier alpha value is -2.27. The van der Waals surface area contributed by atoms with Gasteiger partial charge in [0.1, 0.15) is 5.75 Å². The molecule has 2 aromatic rings. The van der Waals surface area contributed by atoms with E-state index >= 15 is 0 Å². The molecule has 1 heterocycles. The van der Waals surface area contributed by atoms with Gasteiger partial charge in [-0.2, -0.15) is 0 Å². The average Bonchev–Trinajstić information content (AvgIpc) is 2.61. The predicted octanol–water partition coefficient (Wildman–Crippen LogP) is 3.80. The molecule has 0 fully saturated rings. The van der Waals surface area contributed by atoms with Crippen LogP contribution in [0.5, 0.6) is 11.6 Å². The summed E-state index contributed by atoms with van der Waals surface area (Å²) in [5.74, 6) is 4.56. The second-order valence-electron chi connectivity index (χ2n) is 5.60. The van der Waals surface area contributed by atoms with Crippen molar-refractivity contribution in [1.82, 2.24) is 15.6 Å². The van der Waals surface area contributed by atoms with E-state index in [9.17, 15) is 0 Å². The summed E-state index contributed by atoms with van der Waals surface area (Å²) >= 11 is 0. The quantitative estimate of drug-likeness (QED) is 0.296. The summed E-state index contributed by atoms with van der Waals surface area (Å²) in [6.45, 7) is 7.86. The van der Waals surface area contributed by atoms with E-state index in [1.54, 1.807) is 6.20 Å². The van der Waals surface area contributed by atoms with Crippen LogP contribution in [0.25, 0.3) is 0 Å². The maximum Gasteiger partial charge on any atom is 0.219 e. The van der Waals surface area contributed by atoms with Crippen molar-refractivity contribution >= 4 is 29.9 Å². The monoisotopic (exact) mass is 464 g/mol. The van der Waals surface area contributed by atoms with E-state index in [2.05, 4.69) is 40.4 Å². The zero-order valence-corrected chi connectivity index (χ0v) is 17.7. The van der Waals surface area contributed by atoms with E-state index in [0.29, 0.717) is 24.9 Å². The van der Waals surface area contributed by atoms with Gasteiger partial charge < -0.3 is 15.4 Å². The molecule has 0 aliphatic rings. The van der Waals surface area contributed by atoms with Crippen LogP contribution < -0.4 is 15.4 Å². The number of hydrogen-bond donors (Lipinski definition) is 2. The van der Waals surface area contributed by atoms with E-state index in [1.807, 2.05) is 37.3 Å². The number of nitrogens with zero attached hydrogens (tertiary/aromatic N) is 2. The molecule has 2 rings (SSSR count). The van der Waals surface area contributed by atoms with E-state index in [0.717, 1.165) is 17.9 Å². The molecule has 0 unspecified atom stereocenters. The highest BCUT2D eigenvalue weighted by Gasteiger charge is 2.03. The molecular weight excluding hydrogens is 439 g/mol. The first-order chi connectivity index (χ1) is 12.1. The third-order valence-electron chi connectivity index (χ3n) is 3.62. The fourth-order valence-electron chi connectivity index (χ4n) is 2.15. The second kappa shape index (κ2) is 11.4. The van der Waals surface area contributed by atoms with Gasteiger partial charge >= 0.3 is 0 Å². The summed E-state index contributed by atoms with van der Waals surface area (Å²) in [7, 11) is 0. The minimum Gasteiger partial charge on any atom is -0.439 e. The molecule has 0 atom stereocenters. The van der Waals surface area contributed by atoms with Crippen LogP contribution in [0.1, 0.15) is 23.6 Å². The number of aromatic nitrogens is 1.